The maximum atomic E-state index is 11.4. The minimum atomic E-state index is -0.146. The highest BCUT2D eigenvalue weighted by molar-refractivity contribution is 5.76. The molecule has 14 heavy (non-hydrogen) atoms. The molecule has 2 aliphatic rings. The first kappa shape index (κ1) is 8.81. The molecule has 0 aliphatic heterocycles. The second kappa shape index (κ2) is 3.96. The van der Waals surface area contributed by atoms with Crippen molar-refractivity contribution >= 4 is 6.03 Å². The summed E-state index contributed by atoms with van der Waals surface area (Å²) in [6.45, 7) is 0. The van der Waals surface area contributed by atoms with Gasteiger partial charge in [0.05, 0.1) is 12.1 Å². The third-order valence-electron chi connectivity index (χ3n) is 2.09. The van der Waals surface area contributed by atoms with E-state index in [1.165, 1.54) is 0 Å². The Bertz CT molecular complexity index is 283. The van der Waals surface area contributed by atoms with Gasteiger partial charge in [-0.05, 0) is 0 Å². The molecule has 0 aromatic heterocycles. The van der Waals surface area contributed by atoms with Crippen LogP contribution in [-0.4, -0.2) is 18.1 Å². The van der Waals surface area contributed by atoms with Gasteiger partial charge in [-0.15, -0.1) is 0 Å². The number of rotatable bonds is 2. The van der Waals surface area contributed by atoms with Crippen molar-refractivity contribution in [1.29, 1.82) is 0 Å². The minimum Gasteiger partial charge on any atom is -0.328 e. The molecule has 0 bridgehead atoms. The van der Waals surface area contributed by atoms with Gasteiger partial charge in [0.2, 0.25) is 0 Å². The summed E-state index contributed by atoms with van der Waals surface area (Å²) < 4.78 is 0. The standard InChI is InChI=1S/C11H12N2O/c14-11(12-9-5-1-2-6-9)13-10-7-3-4-8-10/h1-10H,(H2,12,13,14). The van der Waals surface area contributed by atoms with Crippen molar-refractivity contribution < 1.29 is 4.79 Å². The van der Waals surface area contributed by atoms with E-state index in [0.717, 1.165) is 0 Å². The molecule has 2 amide bonds. The highest BCUT2D eigenvalue weighted by atomic mass is 16.2. The Hall–Kier alpha value is -1.77. The van der Waals surface area contributed by atoms with Gasteiger partial charge < -0.3 is 10.6 Å². The largest absolute Gasteiger partial charge is 0.328 e. The summed E-state index contributed by atoms with van der Waals surface area (Å²) >= 11 is 0. The normalized spacial score (nSPS) is 19.4. The van der Waals surface area contributed by atoms with Crippen LogP contribution in [0.3, 0.4) is 0 Å². The number of hydrogen-bond acceptors (Lipinski definition) is 1. The van der Waals surface area contributed by atoms with Crippen LogP contribution >= 0.6 is 0 Å². The topological polar surface area (TPSA) is 41.1 Å². The summed E-state index contributed by atoms with van der Waals surface area (Å²) in [6, 6.07) is -0.0823. The fourth-order valence-electron chi connectivity index (χ4n) is 1.40. The Labute approximate surface area is 82.9 Å². The molecule has 0 aromatic carbocycles. The van der Waals surface area contributed by atoms with Crippen LogP contribution in [0.15, 0.2) is 48.6 Å². The Balaban J connectivity index is 1.78. The van der Waals surface area contributed by atoms with E-state index in [-0.39, 0.29) is 18.1 Å². The van der Waals surface area contributed by atoms with Crippen molar-refractivity contribution in [3.05, 3.63) is 48.6 Å². The molecule has 3 heteroatoms. The maximum Gasteiger partial charge on any atom is 0.316 e. The number of allylic oxidation sites excluding steroid dienone is 4. The molecular formula is C11H12N2O. The highest BCUT2D eigenvalue weighted by Crippen LogP contribution is 2.01. The van der Waals surface area contributed by atoms with Crippen LogP contribution in [-0.2, 0) is 0 Å². The lowest BCUT2D eigenvalue weighted by atomic mass is 10.3. The number of carbonyl (C=O) groups is 1. The molecule has 0 saturated heterocycles. The molecule has 2 N–H and O–H groups in total. The lowest BCUT2D eigenvalue weighted by molar-refractivity contribution is 0.240. The molecule has 0 unspecified atom stereocenters. The number of amides is 2. The average molecular weight is 188 g/mol. The van der Waals surface area contributed by atoms with Gasteiger partial charge in [0.15, 0.2) is 0 Å². The molecule has 2 aliphatic carbocycles. The van der Waals surface area contributed by atoms with Gasteiger partial charge >= 0.3 is 6.03 Å². The van der Waals surface area contributed by atoms with E-state index in [1.54, 1.807) is 0 Å². The molecule has 0 spiro atoms. The van der Waals surface area contributed by atoms with E-state index in [2.05, 4.69) is 10.6 Å². The fourth-order valence-corrected chi connectivity index (χ4v) is 1.40. The molecule has 3 nitrogen and oxygen atoms in total. The first-order chi connectivity index (χ1) is 6.84. The summed E-state index contributed by atoms with van der Waals surface area (Å²) in [5, 5.41) is 5.63. The van der Waals surface area contributed by atoms with Crippen LogP contribution in [0, 0.1) is 0 Å². The van der Waals surface area contributed by atoms with Crippen molar-refractivity contribution in [2.24, 2.45) is 0 Å². The Morgan fingerprint density at radius 2 is 1.14 bits per heavy atom. The Morgan fingerprint density at radius 3 is 1.50 bits per heavy atom. The smallest absolute Gasteiger partial charge is 0.316 e. The quantitative estimate of drug-likeness (QED) is 0.673. The molecule has 0 heterocycles. The zero-order valence-electron chi connectivity index (χ0n) is 7.68. The van der Waals surface area contributed by atoms with Crippen molar-refractivity contribution in [1.82, 2.24) is 10.6 Å². The van der Waals surface area contributed by atoms with E-state index in [0.29, 0.717) is 0 Å². The molecular weight excluding hydrogens is 176 g/mol. The van der Waals surface area contributed by atoms with E-state index in [1.807, 2.05) is 48.6 Å². The summed E-state index contributed by atoms with van der Waals surface area (Å²) in [5.74, 6) is 0. The first-order valence-corrected chi connectivity index (χ1v) is 4.61. The van der Waals surface area contributed by atoms with E-state index >= 15 is 0 Å². The average Bonchev–Trinajstić information content (AvgIpc) is 2.76. The van der Waals surface area contributed by atoms with Crippen LogP contribution in [0.1, 0.15) is 0 Å². The minimum absolute atomic E-state index is 0.0318. The summed E-state index contributed by atoms with van der Waals surface area (Å²) in [4.78, 5) is 11.4. The zero-order valence-corrected chi connectivity index (χ0v) is 7.68. The number of nitrogens with one attached hydrogen (secondary N) is 2. The van der Waals surface area contributed by atoms with Gasteiger partial charge in [-0.3, -0.25) is 0 Å². The van der Waals surface area contributed by atoms with Crippen LogP contribution in [0.2, 0.25) is 0 Å². The summed E-state index contributed by atoms with van der Waals surface area (Å²) in [7, 11) is 0. The van der Waals surface area contributed by atoms with Crippen molar-refractivity contribution in [2.45, 2.75) is 12.1 Å². The molecule has 0 radical (unpaired) electrons. The Kier molecular flexibility index (Phi) is 2.49. The predicted molar refractivity (Wildman–Crippen MR) is 55.8 cm³/mol. The highest BCUT2D eigenvalue weighted by Gasteiger charge is 2.11. The lowest BCUT2D eigenvalue weighted by Crippen LogP contribution is -2.43. The molecule has 0 saturated carbocycles. The van der Waals surface area contributed by atoms with Gasteiger partial charge in [-0.1, -0.05) is 48.6 Å². The van der Waals surface area contributed by atoms with Crippen LogP contribution < -0.4 is 10.6 Å². The van der Waals surface area contributed by atoms with E-state index < -0.39 is 0 Å². The number of urea groups is 1. The van der Waals surface area contributed by atoms with Crippen molar-refractivity contribution in [3.8, 4) is 0 Å². The molecule has 2 rings (SSSR count). The van der Waals surface area contributed by atoms with Crippen LogP contribution in [0.5, 0.6) is 0 Å². The third-order valence-corrected chi connectivity index (χ3v) is 2.09. The van der Waals surface area contributed by atoms with Gasteiger partial charge in [0.25, 0.3) is 0 Å². The second-order valence-electron chi connectivity index (χ2n) is 3.21. The van der Waals surface area contributed by atoms with E-state index in [4.69, 9.17) is 0 Å². The second-order valence-corrected chi connectivity index (χ2v) is 3.21. The van der Waals surface area contributed by atoms with Crippen molar-refractivity contribution in [3.63, 3.8) is 0 Å². The van der Waals surface area contributed by atoms with Crippen LogP contribution in [0.25, 0.3) is 0 Å². The van der Waals surface area contributed by atoms with E-state index in [9.17, 15) is 4.79 Å². The predicted octanol–water partition coefficient (Wildman–Crippen LogP) is 1.27. The fraction of sp³-hybridized carbons (Fsp3) is 0.182. The van der Waals surface area contributed by atoms with Gasteiger partial charge in [-0.2, -0.15) is 0 Å². The monoisotopic (exact) mass is 188 g/mol. The maximum absolute atomic E-state index is 11.4. The zero-order chi connectivity index (χ0) is 9.80. The van der Waals surface area contributed by atoms with Gasteiger partial charge in [0, 0.05) is 0 Å². The molecule has 0 atom stereocenters. The lowest BCUT2D eigenvalue weighted by Gasteiger charge is -2.12. The molecule has 0 aromatic rings. The number of carbonyl (C=O) groups excluding carboxylic acids is 1. The first-order valence-electron chi connectivity index (χ1n) is 4.61. The van der Waals surface area contributed by atoms with Gasteiger partial charge in [-0.25, -0.2) is 4.79 Å². The van der Waals surface area contributed by atoms with Gasteiger partial charge in [0.1, 0.15) is 0 Å². The van der Waals surface area contributed by atoms with Crippen molar-refractivity contribution in [2.75, 3.05) is 0 Å². The SMILES string of the molecule is O=C(NC1C=CC=C1)NC1C=CC=C1. The number of hydrogen-bond donors (Lipinski definition) is 2. The molecule has 0 fully saturated rings. The Morgan fingerprint density at radius 1 is 0.786 bits per heavy atom. The van der Waals surface area contributed by atoms with Crippen LogP contribution in [0.4, 0.5) is 4.79 Å². The summed E-state index contributed by atoms with van der Waals surface area (Å²) in [5.41, 5.74) is 0. The summed E-state index contributed by atoms with van der Waals surface area (Å²) in [6.07, 6.45) is 15.4. The molecule has 72 valence electrons. The third kappa shape index (κ3) is 2.13.